The van der Waals surface area contributed by atoms with Gasteiger partial charge in [-0.15, -0.1) is 10.2 Å². The number of carbonyl (C=O) groups excluding carboxylic acids is 1. The second-order valence-electron chi connectivity index (χ2n) is 6.23. The predicted octanol–water partition coefficient (Wildman–Crippen LogP) is 0.538. The van der Waals surface area contributed by atoms with Crippen molar-refractivity contribution in [1.82, 2.24) is 25.0 Å². The molecule has 0 aromatic carbocycles. The summed E-state index contributed by atoms with van der Waals surface area (Å²) < 4.78 is 2.29. The normalized spacial score (nSPS) is 22.4. The van der Waals surface area contributed by atoms with E-state index in [1.54, 1.807) is 0 Å². The highest BCUT2D eigenvalue weighted by Crippen LogP contribution is 2.39. The van der Waals surface area contributed by atoms with E-state index >= 15 is 0 Å². The summed E-state index contributed by atoms with van der Waals surface area (Å²) >= 11 is 0. The Bertz CT molecular complexity index is 492. The van der Waals surface area contributed by atoms with Crippen LogP contribution in [0.4, 0.5) is 0 Å². The molecule has 6 heteroatoms. The van der Waals surface area contributed by atoms with Gasteiger partial charge in [-0.1, -0.05) is 0 Å². The van der Waals surface area contributed by atoms with Crippen LogP contribution in [0.25, 0.3) is 0 Å². The average molecular weight is 277 g/mol. The van der Waals surface area contributed by atoms with Crippen molar-refractivity contribution in [3.8, 4) is 0 Å². The van der Waals surface area contributed by atoms with Crippen LogP contribution in [0.1, 0.15) is 43.3 Å². The summed E-state index contributed by atoms with van der Waals surface area (Å²) in [6.07, 6.45) is 5.35. The average Bonchev–Trinajstić information content (AvgIpc) is 3.16. The summed E-state index contributed by atoms with van der Waals surface area (Å²) in [6.45, 7) is 1.39. The molecule has 1 saturated carbocycles. The standard InChI is InChI=1S/C14H23N5O/c1-18(2)9-13(20)15-11-5-6-12-16-17-14(10-3-4-10)19(12)8-7-11/h10-11H,3-9H2,1-2H3,(H,15,20). The van der Waals surface area contributed by atoms with E-state index in [4.69, 9.17) is 0 Å². The highest BCUT2D eigenvalue weighted by atomic mass is 16.2. The molecule has 6 nitrogen and oxygen atoms in total. The van der Waals surface area contributed by atoms with Crippen LogP contribution in [0.15, 0.2) is 0 Å². The van der Waals surface area contributed by atoms with Crippen molar-refractivity contribution in [2.45, 2.75) is 50.6 Å². The molecule has 1 aliphatic carbocycles. The van der Waals surface area contributed by atoms with Crippen molar-refractivity contribution in [1.29, 1.82) is 0 Å². The Labute approximate surface area is 119 Å². The lowest BCUT2D eigenvalue weighted by Gasteiger charge is -2.18. The van der Waals surface area contributed by atoms with E-state index in [2.05, 4.69) is 20.1 Å². The monoisotopic (exact) mass is 277 g/mol. The molecule has 1 N–H and O–H groups in total. The molecular weight excluding hydrogens is 254 g/mol. The number of fused-ring (bicyclic) bond motifs is 1. The second kappa shape index (κ2) is 5.52. The lowest BCUT2D eigenvalue weighted by Crippen LogP contribution is -2.40. The molecule has 2 aliphatic rings. The molecule has 0 bridgehead atoms. The van der Waals surface area contributed by atoms with Crippen molar-refractivity contribution in [2.24, 2.45) is 0 Å². The third kappa shape index (κ3) is 3.00. The van der Waals surface area contributed by atoms with Crippen molar-refractivity contribution in [3.63, 3.8) is 0 Å². The SMILES string of the molecule is CN(C)CC(=O)NC1CCc2nnc(C3CC3)n2CC1. The minimum absolute atomic E-state index is 0.111. The molecule has 1 atom stereocenters. The Balaban J connectivity index is 1.60. The van der Waals surface area contributed by atoms with Crippen molar-refractivity contribution in [3.05, 3.63) is 11.6 Å². The minimum atomic E-state index is 0.111. The van der Waals surface area contributed by atoms with Crippen molar-refractivity contribution in [2.75, 3.05) is 20.6 Å². The maximum Gasteiger partial charge on any atom is 0.234 e. The topological polar surface area (TPSA) is 63.1 Å². The van der Waals surface area contributed by atoms with Gasteiger partial charge in [0.1, 0.15) is 11.6 Å². The van der Waals surface area contributed by atoms with Gasteiger partial charge in [0.2, 0.25) is 5.91 Å². The number of rotatable bonds is 4. The predicted molar refractivity (Wildman–Crippen MR) is 75.4 cm³/mol. The molecular formula is C14H23N5O. The van der Waals surface area contributed by atoms with E-state index in [-0.39, 0.29) is 11.9 Å². The first-order chi connectivity index (χ1) is 9.63. The zero-order valence-corrected chi connectivity index (χ0v) is 12.3. The first kappa shape index (κ1) is 13.5. The van der Waals surface area contributed by atoms with Crippen LogP contribution >= 0.6 is 0 Å². The number of likely N-dealkylation sites (N-methyl/N-ethyl adjacent to an activating group) is 1. The Morgan fingerprint density at radius 2 is 2.10 bits per heavy atom. The molecule has 0 radical (unpaired) electrons. The molecule has 1 amide bonds. The highest BCUT2D eigenvalue weighted by molar-refractivity contribution is 5.78. The molecule has 20 heavy (non-hydrogen) atoms. The van der Waals surface area contributed by atoms with E-state index in [0.717, 1.165) is 31.6 Å². The maximum absolute atomic E-state index is 11.8. The molecule has 1 aromatic rings. The molecule has 2 heterocycles. The maximum atomic E-state index is 11.8. The Morgan fingerprint density at radius 1 is 1.30 bits per heavy atom. The summed E-state index contributed by atoms with van der Waals surface area (Å²) in [6, 6.07) is 0.260. The molecule has 110 valence electrons. The molecule has 3 rings (SSSR count). The number of carbonyl (C=O) groups is 1. The largest absolute Gasteiger partial charge is 0.352 e. The van der Waals surface area contributed by atoms with Gasteiger partial charge >= 0.3 is 0 Å². The van der Waals surface area contributed by atoms with E-state index in [0.29, 0.717) is 12.5 Å². The fourth-order valence-corrected chi connectivity index (χ4v) is 2.86. The summed E-state index contributed by atoms with van der Waals surface area (Å²) in [4.78, 5) is 13.7. The van der Waals surface area contributed by atoms with E-state index in [1.807, 2.05) is 19.0 Å². The fraction of sp³-hybridized carbons (Fsp3) is 0.786. The summed E-state index contributed by atoms with van der Waals surface area (Å²) in [5.74, 6) is 3.01. The highest BCUT2D eigenvalue weighted by Gasteiger charge is 2.31. The van der Waals surface area contributed by atoms with Crippen molar-refractivity contribution >= 4 is 5.91 Å². The Kier molecular flexibility index (Phi) is 3.74. The van der Waals surface area contributed by atoms with Gasteiger partial charge in [-0.3, -0.25) is 4.79 Å². The number of nitrogens with zero attached hydrogens (tertiary/aromatic N) is 4. The molecule has 0 saturated heterocycles. The zero-order valence-electron chi connectivity index (χ0n) is 12.3. The summed E-state index contributed by atoms with van der Waals surface area (Å²) in [7, 11) is 3.83. The van der Waals surface area contributed by atoms with Gasteiger partial charge in [-0.05, 0) is 39.8 Å². The molecule has 0 spiro atoms. The number of aryl methyl sites for hydroxylation is 1. The van der Waals surface area contributed by atoms with Crippen LogP contribution in [0.2, 0.25) is 0 Å². The number of aromatic nitrogens is 3. The quantitative estimate of drug-likeness (QED) is 0.872. The van der Waals surface area contributed by atoms with Gasteiger partial charge in [0.25, 0.3) is 0 Å². The van der Waals surface area contributed by atoms with E-state index < -0.39 is 0 Å². The number of hydrogen-bond acceptors (Lipinski definition) is 4. The van der Waals surface area contributed by atoms with Gasteiger partial charge < -0.3 is 14.8 Å². The lowest BCUT2D eigenvalue weighted by atomic mass is 10.1. The van der Waals surface area contributed by atoms with Gasteiger partial charge in [-0.2, -0.15) is 0 Å². The minimum Gasteiger partial charge on any atom is -0.352 e. The van der Waals surface area contributed by atoms with Crippen molar-refractivity contribution < 1.29 is 4.79 Å². The Morgan fingerprint density at radius 3 is 2.80 bits per heavy atom. The summed E-state index contributed by atoms with van der Waals surface area (Å²) in [5, 5.41) is 11.8. The number of nitrogens with one attached hydrogen (secondary N) is 1. The smallest absolute Gasteiger partial charge is 0.234 e. The van der Waals surface area contributed by atoms with Gasteiger partial charge in [0, 0.05) is 24.9 Å². The van der Waals surface area contributed by atoms with Gasteiger partial charge in [0.05, 0.1) is 6.54 Å². The van der Waals surface area contributed by atoms with Crippen LogP contribution in [0.5, 0.6) is 0 Å². The molecule has 1 aliphatic heterocycles. The fourth-order valence-electron chi connectivity index (χ4n) is 2.86. The first-order valence-electron chi connectivity index (χ1n) is 7.49. The van der Waals surface area contributed by atoms with Gasteiger partial charge in [0.15, 0.2) is 0 Å². The first-order valence-corrected chi connectivity index (χ1v) is 7.49. The third-order valence-corrected chi connectivity index (χ3v) is 4.04. The van der Waals surface area contributed by atoms with Crippen LogP contribution in [-0.4, -0.2) is 52.3 Å². The molecule has 1 aromatic heterocycles. The second-order valence-corrected chi connectivity index (χ2v) is 6.23. The van der Waals surface area contributed by atoms with Crippen LogP contribution in [-0.2, 0) is 17.8 Å². The zero-order chi connectivity index (χ0) is 14.1. The lowest BCUT2D eigenvalue weighted by molar-refractivity contribution is -0.122. The molecule has 1 unspecified atom stereocenters. The Hall–Kier alpha value is -1.43. The van der Waals surface area contributed by atoms with Gasteiger partial charge in [-0.25, -0.2) is 0 Å². The van der Waals surface area contributed by atoms with E-state index in [9.17, 15) is 4.79 Å². The number of amides is 1. The van der Waals surface area contributed by atoms with Crippen LogP contribution < -0.4 is 5.32 Å². The molecule has 1 fully saturated rings. The van der Waals surface area contributed by atoms with Crippen LogP contribution in [0, 0.1) is 0 Å². The third-order valence-electron chi connectivity index (χ3n) is 4.04. The summed E-state index contributed by atoms with van der Waals surface area (Å²) in [5.41, 5.74) is 0. The van der Waals surface area contributed by atoms with Crippen LogP contribution in [0.3, 0.4) is 0 Å². The van der Waals surface area contributed by atoms with E-state index in [1.165, 1.54) is 18.7 Å². The number of hydrogen-bond donors (Lipinski definition) is 1.